The monoisotopic (exact) mass is 511 g/mol. The smallest absolute Gasteiger partial charge is 0.222 e. The minimum atomic E-state index is 0.294. The van der Waals surface area contributed by atoms with Gasteiger partial charge in [0.1, 0.15) is 17.0 Å². The highest BCUT2D eigenvalue weighted by molar-refractivity contribution is 7.19. The van der Waals surface area contributed by atoms with Gasteiger partial charge in [-0.05, 0) is 37.8 Å². The Bertz CT molecular complexity index is 1230. The standard InChI is InChI=1S/C26H33N5O4S/c1-30-7-9-31(10-8-30)22(32)12-16-5-6-18-21(11-16)36-26-23(18)25(27-15-28-26)29-17-13-19(33-2)24(35-4)20(14-17)34-3/h13-16H,5-12H2,1-4H3,(H,27,28,29). The molecule has 0 spiro atoms. The number of thiophene rings is 1. The van der Waals surface area contributed by atoms with Crippen molar-refractivity contribution in [1.29, 1.82) is 0 Å². The van der Waals surface area contributed by atoms with Crippen LogP contribution in [0.25, 0.3) is 10.2 Å². The predicted molar refractivity (Wildman–Crippen MR) is 141 cm³/mol. The van der Waals surface area contributed by atoms with Crippen LogP contribution in [0.2, 0.25) is 0 Å². The topological polar surface area (TPSA) is 89.0 Å². The number of nitrogens with one attached hydrogen (secondary N) is 1. The summed E-state index contributed by atoms with van der Waals surface area (Å²) in [7, 11) is 6.90. The van der Waals surface area contributed by atoms with Crippen molar-refractivity contribution in [3.8, 4) is 17.2 Å². The molecule has 192 valence electrons. The third-order valence-corrected chi connectivity index (χ3v) is 8.36. The summed E-state index contributed by atoms with van der Waals surface area (Å²) in [5.41, 5.74) is 2.09. The van der Waals surface area contributed by atoms with E-state index in [1.807, 2.05) is 17.0 Å². The van der Waals surface area contributed by atoms with Crippen LogP contribution in [0.5, 0.6) is 17.2 Å². The van der Waals surface area contributed by atoms with Crippen LogP contribution in [0.1, 0.15) is 23.3 Å². The highest BCUT2D eigenvalue weighted by atomic mass is 32.1. The number of ether oxygens (including phenoxy) is 3. The summed E-state index contributed by atoms with van der Waals surface area (Å²) in [6.45, 7) is 3.58. The second-order valence-electron chi connectivity index (χ2n) is 9.44. The van der Waals surface area contributed by atoms with Gasteiger partial charge in [0.15, 0.2) is 11.5 Å². The van der Waals surface area contributed by atoms with Gasteiger partial charge in [0.25, 0.3) is 0 Å². The number of carbonyl (C=O) groups excluding carboxylic acids is 1. The van der Waals surface area contributed by atoms with Gasteiger partial charge in [-0.15, -0.1) is 11.3 Å². The average molecular weight is 512 g/mol. The molecule has 2 aliphatic rings. The number of amides is 1. The minimum absolute atomic E-state index is 0.294. The Morgan fingerprint density at radius 3 is 2.47 bits per heavy atom. The number of anilines is 2. The van der Waals surface area contributed by atoms with Gasteiger partial charge in [-0.2, -0.15) is 0 Å². The SMILES string of the molecule is COc1cc(Nc2ncnc3sc4c(c23)CCC(CC(=O)N2CCN(C)CC2)C4)cc(OC)c1OC. The number of likely N-dealkylation sites (N-methyl/N-ethyl adjacent to an activating group) is 1. The molecule has 1 aromatic carbocycles. The van der Waals surface area contributed by atoms with Gasteiger partial charge in [-0.3, -0.25) is 4.79 Å². The number of aryl methyl sites for hydroxylation is 1. The van der Waals surface area contributed by atoms with E-state index in [2.05, 4.69) is 27.2 Å². The molecule has 10 heteroatoms. The second kappa shape index (κ2) is 10.5. The molecule has 1 saturated heterocycles. The summed E-state index contributed by atoms with van der Waals surface area (Å²) >= 11 is 1.72. The van der Waals surface area contributed by atoms with Crippen molar-refractivity contribution in [3.05, 3.63) is 28.9 Å². The first-order valence-electron chi connectivity index (χ1n) is 12.3. The highest BCUT2D eigenvalue weighted by Gasteiger charge is 2.29. The molecule has 1 aliphatic carbocycles. The van der Waals surface area contributed by atoms with Gasteiger partial charge in [0, 0.05) is 55.3 Å². The Kier molecular flexibility index (Phi) is 7.15. The third-order valence-electron chi connectivity index (χ3n) is 7.19. The second-order valence-corrected chi connectivity index (χ2v) is 10.5. The maximum absolute atomic E-state index is 12.9. The molecule has 1 atom stereocenters. The number of carbonyl (C=O) groups is 1. The number of rotatable bonds is 7. The zero-order chi connectivity index (χ0) is 25.2. The van der Waals surface area contributed by atoms with Crippen LogP contribution < -0.4 is 19.5 Å². The van der Waals surface area contributed by atoms with Gasteiger partial charge < -0.3 is 29.3 Å². The molecule has 5 rings (SSSR count). The summed E-state index contributed by atoms with van der Waals surface area (Å²) in [4.78, 5) is 28.7. The number of benzene rings is 1. The molecule has 3 aromatic rings. The van der Waals surface area contributed by atoms with E-state index in [4.69, 9.17) is 14.2 Å². The van der Waals surface area contributed by atoms with Gasteiger partial charge in [-0.1, -0.05) is 0 Å². The maximum Gasteiger partial charge on any atom is 0.222 e. The molecule has 0 saturated carbocycles. The van der Waals surface area contributed by atoms with Crippen molar-refractivity contribution in [2.45, 2.75) is 25.7 Å². The van der Waals surface area contributed by atoms with Gasteiger partial charge in [-0.25, -0.2) is 9.97 Å². The van der Waals surface area contributed by atoms with Crippen LogP contribution in [-0.2, 0) is 17.6 Å². The molecule has 36 heavy (non-hydrogen) atoms. The molecule has 0 radical (unpaired) electrons. The van der Waals surface area contributed by atoms with E-state index in [0.29, 0.717) is 35.5 Å². The first kappa shape index (κ1) is 24.6. The fourth-order valence-electron chi connectivity index (χ4n) is 5.17. The molecule has 1 amide bonds. The highest BCUT2D eigenvalue weighted by Crippen LogP contribution is 2.43. The molecular weight excluding hydrogens is 478 g/mol. The van der Waals surface area contributed by atoms with Crippen molar-refractivity contribution < 1.29 is 19.0 Å². The summed E-state index contributed by atoms with van der Waals surface area (Å²) in [5.74, 6) is 3.12. The van der Waals surface area contributed by atoms with E-state index in [1.54, 1.807) is 39.0 Å². The lowest BCUT2D eigenvalue weighted by atomic mass is 9.85. The van der Waals surface area contributed by atoms with Crippen molar-refractivity contribution in [1.82, 2.24) is 19.8 Å². The average Bonchev–Trinajstić information content (AvgIpc) is 3.27. The zero-order valence-electron chi connectivity index (χ0n) is 21.3. The normalized spacial score (nSPS) is 18.1. The summed E-state index contributed by atoms with van der Waals surface area (Å²) in [6, 6.07) is 3.74. The van der Waals surface area contributed by atoms with Crippen molar-refractivity contribution in [3.63, 3.8) is 0 Å². The fourth-order valence-corrected chi connectivity index (χ4v) is 6.47. The number of methoxy groups -OCH3 is 3. The lowest BCUT2D eigenvalue weighted by Gasteiger charge is -2.33. The number of nitrogens with zero attached hydrogens (tertiary/aromatic N) is 4. The quantitative estimate of drug-likeness (QED) is 0.513. The van der Waals surface area contributed by atoms with Crippen molar-refractivity contribution in [2.24, 2.45) is 5.92 Å². The molecule has 0 bridgehead atoms. The number of hydrogen-bond donors (Lipinski definition) is 1. The van der Waals surface area contributed by atoms with E-state index in [-0.39, 0.29) is 0 Å². The Labute approximate surface area is 215 Å². The minimum Gasteiger partial charge on any atom is -0.493 e. The molecule has 1 N–H and O–H groups in total. The Balaban J connectivity index is 1.36. The van der Waals surface area contributed by atoms with Gasteiger partial charge in [0.05, 0.1) is 26.7 Å². The first-order chi connectivity index (χ1) is 17.5. The molecule has 9 nitrogen and oxygen atoms in total. The van der Waals surface area contributed by atoms with E-state index in [1.165, 1.54) is 10.4 Å². The number of piperazine rings is 1. The van der Waals surface area contributed by atoms with Crippen LogP contribution in [-0.4, -0.2) is 80.2 Å². The van der Waals surface area contributed by atoms with E-state index in [9.17, 15) is 4.79 Å². The summed E-state index contributed by atoms with van der Waals surface area (Å²) in [6.07, 6.45) is 5.06. The molecule has 3 heterocycles. The lowest BCUT2D eigenvalue weighted by molar-refractivity contribution is -0.133. The van der Waals surface area contributed by atoms with Gasteiger partial charge >= 0.3 is 0 Å². The van der Waals surface area contributed by atoms with Crippen LogP contribution in [0.3, 0.4) is 0 Å². The van der Waals surface area contributed by atoms with E-state index >= 15 is 0 Å². The van der Waals surface area contributed by atoms with Crippen molar-refractivity contribution >= 4 is 39.0 Å². The summed E-state index contributed by atoms with van der Waals surface area (Å²) in [5, 5.41) is 4.51. The largest absolute Gasteiger partial charge is 0.493 e. The number of fused-ring (bicyclic) bond motifs is 3. The zero-order valence-corrected chi connectivity index (χ0v) is 22.1. The third kappa shape index (κ3) is 4.79. The molecule has 1 unspecified atom stereocenters. The molecule has 1 aliphatic heterocycles. The maximum atomic E-state index is 12.9. The van der Waals surface area contributed by atoms with Crippen molar-refractivity contribution in [2.75, 3.05) is 59.9 Å². The Morgan fingerprint density at radius 2 is 1.81 bits per heavy atom. The fraction of sp³-hybridized carbons (Fsp3) is 0.500. The van der Waals surface area contributed by atoms with Gasteiger partial charge in [0.2, 0.25) is 11.7 Å². The Morgan fingerprint density at radius 1 is 1.08 bits per heavy atom. The number of aromatic nitrogens is 2. The molecule has 1 fully saturated rings. The summed E-state index contributed by atoms with van der Waals surface area (Å²) < 4.78 is 16.5. The molecule has 2 aromatic heterocycles. The molecular formula is C26H33N5O4S. The Hall–Kier alpha value is -3.11. The van der Waals surface area contributed by atoms with Crippen LogP contribution in [0, 0.1) is 5.92 Å². The predicted octanol–water partition coefficient (Wildman–Crippen LogP) is 3.73. The van der Waals surface area contributed by atoms with E-state index < -0.39 is 0 Å². The number of hydrogen-bond acceptors (Lipinski definition) is 9. The van der Waals surface area contributed by atoms with Crippen LogP contribution >= 0.6 is 11.3 Å². The van der Waals surface area contributed by atoms with Crippen LogP contribution in [0.15, 0.2) is 18.5 Å². The lowest BCUT2D eigenvalue weighted by Crippen LogP contribution is -2.47. The first-order valence-corrected chi connectivity index (χ1v) is 13.1. The van der Waals surface area contributed by atoms with E-state index in [0.717, 1.165) is 67.2 Å². The van der Waals surface area contributed by atoms with Crippen LogP contribution in [0.4, 0.5) is 11.5 Å².